The lowest BCUT2D eigenvalue weighted by Crippen LogP contribution is -2.21. The average molecular weight is 381 g/mol. The molecule has 5 nitrogen and oxygen atoms in total. The van der Waals surface area contributed by atoms with E-state index in [9.17, 15) is 9.59 Å². The van der Waals surface area contributed by atoms with E-state index in [1.54, 1.807) is 42.5 Å². The van der Waals surface area contributed by atoms with Gasteiger partial charge in [0, 0.05) is 5.69 Å². The Balaban J connectivity index is 1.90. The summed E-state index contributed by atoms with van der Waals surface area (Å²) in [6.45, 7) is 3.86. The maximum atomic E-state index is 12.0. The summed E-state index contributed by atoms with van der Waals surface area (Å²) in [4.78, 5) is 24.0. The molecule has 0 saturated carbocycles. The van der Waals surface area contributed by atoms with Gasteiger partial charge in [0.25, 0.3) is 0 Å². The van der Waals surface area contributed by atoms with Crippen LogP contribution in [0.25, 0.3) is 0 Å². The Labute approximate surface area is 156 Å². The highest BCUT2D eigenvalue weighted by Gasteiger charge is 2.13. The number of amides is 2. The van der Waals surface area contributed by atoms with Gasteiger partial charge in [-0.25, -0.2) is 0 Å². The third-order valence-electron chi connectivity index (χ3n) is 3.06. The number of carbonyl (C=O) groups is 2. The van der Waals surface area contributed by atoms with Crippen molar-refractivity contribution < 1.29 is 14.3 Å². The molecule has 0 aliphatic rings. The van der Waals surface area contributed by atoms with E-state index in [4.69, 9.17) is 27.9 Å². The normalized spacial score (nSPS) is 10.4. The Morgan fingerprint density at radius 2 is 1.52 bits per heavy atom. The molecule has 2 N–H and O–H groups in total. The molecule has 0 atom stereocenters. The van der Waals surface area contributed by atoms with Crippen LogP contribution in [0, 0.1) is 0 Å². The molecule has 0 aliphatic heterocycles. The standard InChI is InChI=1S/C18H18Cl2N2O3/c1-11(2)25-13-8-6-12(7-9-13)21-16(23)10-17(24)22-18-14(19)4-3-5-15(18)20/h3-9,11H,10H2,1-2H3,(H,21,23)(H,22,24). The smallest absolute Gasteiger partial charge is 0.233 e. The fraction of sp³-hybridized carbons (Fsp3) is 0.222. The number of nitrogens with one attached hydrogen (secondary N) is 2. The summed E-state index contributed by atoms with van der Waals surface area (Å²) in [5, 5.41) is 5.80. The molecule has 0 aliphatic carbocycles. The first-order chi connectivity index (χ1) is 11.8. The van der Waals surface area contributed by atoms with Gasteiger partial charge in [0.1, 0.15) is 12.2 Å². The summed E-state index contributed by atoms with van der Waals surface area (Å²) >= 11 is 12.0. The molecular formula is C18H18Cl2N2O3. The lowest BCUT2D eigenvalue weighted by molar-refractivity contribution is -0.123. The van der Waals surface area contributed by atoms with E-state index in [2.05, 4.69) is 10.6 Å². The minimum atomic E-state index is -0.507. The van der Waals surface area contributed by atoms with Gasteiger partial charge in [-0.15, -0.1) is 0 Å². The molecule has 0 radical (unpaired) electrons. The number of para-hydroxylation sites is 1. The van der Waals surface area contributed by atoms with Crippen molar-refractivity contribution in [3.05, 3.63) is 52.5 Å². The second-order valence-corrected chi connectivity index (χ2v) is 6.38. The molecule has 132 valence electrons. The first kappa shape index (κ1) is 19.1. The molecule has 2 amide bonds. The van der Waals surface area contributed by atoms with E-state index in [1.807, 2.05) is 13.8 Å². The van der Waals surface area contributed by atoms with Crippen LogP contribution in [0.4, 0.5) is 11.4 Å². The number of hydrogen-bond acceptors (Lipinski definition) is 3. The van der Waals surface area contributed by atoms with Crippen molar-refractivity contribution in [3.63, 3.8) is 0 Å². The lowest BCUT2D eigenvalue weighted by Gasteiger charge is -2.11. The van der Waals surface area contributed by atoms with Gasteiger partial charge in [-0.3, -0.25) is 9.59 Å². The highest BCUT2D eigenvalue weighted by Crippen LogP contribution is 2.29. The summed E-state index contributed by atoms with van der Waals surface area (Å²) < 4.78 is 5.53. The van der Waals surface area contributed by atoms with Crippen LogP contribution < -0.4 is 15.4 Å². The van der Waals surface area contributed by atoms with Gasteiger partial charge in [-0.05, 0) is 50.2 Å². The summed E-state index contributed by atoms with van der Waals surface area (Å²) in [6.07, 6.45) is -0.285. The van der Waals surface area contributed by atoms with E-state index in [0.29, 0.717) is 27.2 Å². The number of halogens is 2. The molecule has 7 heteroatoms. The van der Waals surface area contributed by atoms with Crippen LogP contribution >= 0.6 is 23.2 Å². The Hall–Kier alpha value is -2.24. The number of carbonyl (C=O) groups excluding carboxylic acids is 2. The monoisotopic (exact) mass is 380 g/mol. The molecule has 0 heterocycles. The van der Waals surface area contributed by atoms with Crippen molar-refractivity contribution in [2.24, 2.45) is 0 Å². The number of benzene rings is 2. The zero-order valence-corrected chi connectivity index (χ0v) is 15.3. The van der Waals surface area contributed by atoms with Gasteiger partial charge in [0.15, 0.2) is 0 Å². The molecule has 2 aromatic rings. The molecule has 2 rings (SSSR count). The van der Waals surface area contributed by atoms with Crippen molar-refractivity contribution in [2.45, 2.75) is 26.4 Å². The fourth-order valence-corrected chi connectivity index (χ4v) is 2.53. The van der Waals surface area contributed by atoms with Gasteiger partial charge in [-0.2, -0.15) is 0 Å². The van der Waals surface area contributed by atoms with Crippen LogP contribution in [0.5, 0.6) is 5.75 Å². The molecule has 0 bridgehead atoms. The van der Waals surface area contributed by atoms with E-state index in [0.717, 1.165) is 0 Å². The van der Waals surface area contributed by atoms with Crippen molar-refractivity contribution >= 4 is 46.4 Å². The highest BCUT2D eigenvalue weighted by molar-refractivity contribution is 6.39. The number of hydrogen-bond donors (Lipinski definition) is 2. The van der Waals surface area contributed by atoms with E-state index < -0.39 is 11.8 Å². The van der Waals surface area contributed by atoms with Crippen molar-refractivity contribution in [3.8, 4) is 5.75 Å². The maximum Gasteiger partial charge on any atom is 0.233 e. The first-order valence-corrected chi connectivity index (χ1v) is 8.41. The van der Waals surface area contributed by atoms with Crippen LogP contribution in [0.1, 0.15) is 20.3 Å². The number of ether oxygens (including phenoxy) is 1. The van der Waals surface area contributed by atoms with Crippen molar-refractivity contribution in [1.82, 2.24) is 0 Å². The van der Waals surface area contributed by atoms with Crippen molar-refractivity contribution in [1.29, 1.82) is 0 Å². The summed E-state index contributed by atoms with van der Waals surface area (Å²) in [5.74, 6) is -0.246. The number of rotatable bonds is 6. The van der Waals surface area contributed by atoms with Crippen LogP contribution in [-0.4, -0.2) is 17.9 Å². The van der Waals surface area contributed by atoms with Crippen LogP contribution in [0.15, 0.2) is 42.5 Å². The SMILES string of the molecule is CC(C)Oc1ccc(NC(=O)CC(=O)Nc2c(Cl)cccc2Cl)cc1. The van der Waals surface area contributed by atoms with Gasteiger partial charge in [0.2, 0.25) is 11.8 Å². The Bertz CT molecular complexity index is 741. The summed E-state index contributed by atoms with van der Waals surface area (Å²) in [6, 6.07) is 11.8. The molecule has 25 heavy (non-hydrogen) atoms. The van der Waals surface area contributed by atoms with Crippen molar-refractivity contribution in [2.75, 3.05) is 10.6 Å². The van der Waals surface area contributed by atoms with Crippen LogP contribution in [-0.2, 0) is 9.59 Å². The third-order valence-corrected chi connectivity index (χ3v) is 3.69. The average Bonchev–Trinajstić information content (AvgIpc) is 2.52. The first-order valence-electron chi connectivity index (χ1n) is 7.65. The molecule has 0 spiro atoms. The predicted octanol–water partition coefficient (Wildman–Crippen LogP) is 4.75. The summed E-state index contributed by atoms with van der Waals surface area (Å²) in [5.41, 5.74) is 0.864. The zero-order chi connectivity index (χ0) is 18.4. The lowest BCUT2D eigenvalue weighted by atomic mass is 10.2. The second-order valence-electron chi connectivity index (χ2n) is 5.56. The molecule has 0 unspecified atom stereocenters. The zero-order valence-electron chi connectivity index (χ0n) is 13.8. The Kier molecular flexibility index (Phi) is 6.67. The second kappa shape index (κ2) is 8.74. The largest absolute Gasteiger partial charge is 0.491 e. The fourth-order valence-electron chi connectivity index (χ4n) is 2.04. The minimum Gasteiger partial charge on any atom is -0.491 e. The minimum absolute atomic E-state index is 0.0702. The van der Waals surface area contributed by atoms with E-state index >= 15 is 0 Å². The maximum absolute atomic E-state index is 12.0. The number of anilines is 2. The third kappa shape index (κ3) is 5.96. The topological polar surface area (TPSA) is 67.4 Å². The predicted molar refractivity (Wildman–Crippen MR) is 101 cm³/mol. The van der Waals surface area contributed by atoms with Crippen LogP contribution in [0.2, 0.25) is 10.0 Å². The van der Waals surface area contributed by atoms with E-state index in [-0.39, 0.29) is 12.5 Å². The van der Waals surface area contributed by atoms with Crippen LogP contribution in [0.3, 0.4) is 0 Å². The highest BCUT2D eigenvalue weighted by atomic mass is 35.5. The molecule has 0 fully saturated rings. The molecule has 0 saturated heterocycles. The quantitative estimate of drug-likeness (QED) is 0.710. The molecule has 0 aromatic heterocycles. The van der Waals surface area contributed by atoms with Gasteiger partial charge in [-0.1, -0.05) is 29.3 Å². The molecular weight excluding hydrogens is 363 g/mol. The Morgan fingerprint density at radius 3 is 2.08 bits per heavy atom. The van der Waals surface area contributed by atoms with Gasteiger partial charge < -0.3 is 15.4 Å². The Morgan fingerprint density at radius 1 is 0.960 bits per heavy atom. The molecule has 2 aromatic carbocycles. The summed E-state index contributed by atoms with van der Waals surface area (Å²) in [7, 11) is 0. The van der Waals surface area contributed by atoms with E-state index in [1.165, 1.54) is 0 Å². The van der Waals surface area contributed by atoms with Gasteiger partial charge in [0.05, 0.1) is 21.8 Å². The van der Waals surface area contributed by atoms with Gasteiger partial charge >= 0.3 is 0 Å².